The van der Waals surface area contributed by atoms with Gasteiger partial charge in [-0.2, -0.15) is 0 Å². The lowest BCUT2D eigenvalue weighted by Crippen LogP contribution is -2.29. The summed E-state index contributed by atoms with van der Waals surface area (Å²) in [5.74, 6) is -0.857. The molecule has 104 valence electrons. The molecule has 1 aliphatic carbocycles. The van der Waals surface area contributed by atoms with Gasteiger partial charge in [0.15, 0.2) is 0 Å². The van der Waals surface area contributed by atoms with Crippen molar-refractivity contribution >= 4 is 16.0 Å². The van der Waals surface area contributed by atoms with Crippen molar-refractivity contribution in [1.82, 2.24) is 4.72 Å². The number of carboxylic acids is 1. The third-order valence-electron chi connectivity index (χ3n) is 3.31. The molecule has 7 heteroatoms. The van der Waals surface area contributed by atoms with Crippen LogP contribution in [0.4, 0.5) is 0 Å². The summed E-state index contributed by atoms with van der Waals surface area (Å²) in [4.78, 5) is 11.3. The van der Waals surface area contributed by atoms with Crippen molar-refractivity contribution < 1.29 is 18.3 Å². The van der Waals surface area contributed by atoms with Gasteiger partial charge in [-0.05, 0) is 30.5 Å². The number of nitrogens with one attached hydrogen (secondary N) is 1. The van der Waals surface area contributed by atoms with Crippen LogP contribution >= 0.6 is 0 Å². The maximum atomic E-state index is 11.8. The van der Waals surface area contributed by atoms with Crippen molar-refractivity contribution in [3.8, 4) is 0 Å². The van der Waals surface area contributed by atoms with Crippen LogP contribution in [0.15, 0.2) is 29.2 Å². The highest BCUT2D eigenvalue weighted by molar-refractivity contribution is 7.89. The van der Waals surface area contributed by atoms with E-state index in [1.54, 1.807) is 12.1 Å². The third-order valence-corrected chi connectivity index (χ3v) is 4.79. The third kappa shape index (κ3) is 2.63. The molecule has 1 aromatic rings. The van der Waals surface area contributed by atoms with Crippen molar-refractivity contribution in [3.63, 3.8) is 0 Å². The van der Waals surface area contributed by atoms with Crippen LogP contribution in [0.5, 0.6) is 0 Å². The zero-order chi connectivity index (χ0) is 14.1. The van der Waals surface area contributed by atoms with Gasteiger partial charge in [-0.3, -0.25) is 4.79 Å². The number of nitrogens with two attached hydrogens (primary N) is 1. The Morgan fingerprint density at radius 3 is 2.32 bits per heavy atom. The number of rotatable bonds is 6. The molecule has 0 atom stereocenters. The summed E-state index contributed by atoms with van der Waals surface area (Å²) in [6.45, 7) is 0.391. The average Bonchev–Trinajstić information content (AvgIpc) is 3.18. The van der Waals surface area contributed by atoms with Crippen LogP contribution in [0.1, 0.15) is 18.4 Å². The predicted molar refractivity (Wildman–Crippen MR) is 69.2 cm³/mol. The maximum absolute atomic E-state index is 11.8. The van der Waals surface area contributed by atoms with Crippen molar-refractivity contribution in [2.45, 2.75) is 23.2 Å². The lowest BCUT2D eigenvalue weighted by atomic mass is 9.96. The number of carbonyl (C=O) groups is 1. The van der Waals surface area contributed by atoms with Crippen LogP contribution in [0.25, 0.3) is 0 Å². The van der Waals surface area contributed by atoms with Gasteiger partial charge in [0.05, 0.1) is 10.3 Å². The van der Waals surface area contributed by atoms with Crippen molar-refractivity contribution in [2.24, 2.45) is 5.73 Å². The van der Waals surface area contributed by atoms with Crippen LogP contribution in [0.2, 0.25) is 0 Å². The maximum Gasteiger partial charge on any atom is 0.314 e. The first kappa shape index (κ1) is 14.0. The van der Waals surface area contributed by atoms with Gasteiger partial charge in [0.2, 0.25) is 10.0 Å². The van der Waals surface area contributed by atoms with E-state index in [1.807, 2.05) is 0 Å². The largest absolute Gasteiger partial charge is 0.481 e. The molecule has 0 amide bonds. The van der Waals surface area contributed by atoms with E-state index in [1.165, 1.54) is 12.1 Å². The highest BCUT2D eigenvalue weighted by Gasteiger charge is 2.51. The lowest BCUT2D eigenvalue weighted by Gasteiger charge is -2.11. The minimum atomic E-state index is -3.56. The van der Waals surface area contributed by atoms with Gasteiger partial charge >= 0.3 is 5.97 Å². The van der Waals surface area contributed by atoms with Crippen LogP contribution in [0, 0.1) is 0 Å². The van der Waals surface area contributed by atoms with E-state index in [0.29, 0.717) is 18.4 Å². The molecule has 1 saturated carbocycles. The van der Waals surface area contributed by atoms with E-state index >= 15 is 0 Å². The molecule has 19 heavy (non-hydrogen) atoms. The average molecular weight is 284 g/mol. The van der Waals surface area contributed by atoms with Gasteiger partial charge in [-0.1, -0.05) is 12.1 Å². The van der Waals surface area contributed by atoms with E-state index in [9.17, 15) is 13.2 Å². The molecule has 1 aliphatic rings. The standard InChI is InChI=1S/C12H16N2O4S/c13-7-8-14-19(17,18)10-3-1-9(2-4-10)12(5-6-12)11(15)16/h1-4,14H,5-8,13H2,(H,15,16). The first-order valence-corrected chi connectivity index (χ1v) is 7.44. The van der Waals surface area contributed by atoms with Crippen LogP contribution in [0.3, 0.4) is 0 Å². The molecule has 0 radical (unpaired) electrons. The molecule has 0 spiro atoms. The number of hydrogen-bond donors (Lipinski definition) is 3. The van der Waals surface area contributed by atoms with Gasteiger partial charge in [-0.15, -0.1) is 0 Å². The Labute approximate surface area is 111 Å². The summed E-state index contributed by atoms with van der Waals surface area (Å²) >= 11 is 0. The lowest BCUT2D eigenvalue weighted by molar-refractivity contribution is -0.140. The Balaban J connectivity index is 2.22. The molecule has 0 bridgehead atoms. The Hall–Kier alpha value is -1.44. The molecule has 0 aromatic heterocycles. The number of aliphatic carboxylic acids is 1. The highest BCUT2D eigenvalue weighted by Crippen LogP contribution is 2.48. The summed E-state index contributed by atoms with van der Waals surface area (Å²) < 4.78 is 26.0. The quantitative estimate of drug-likeness (QED) is 0.683. The second-order valence-electron chi connectivity index (χ2n) is 4.60. The first-order valence-electron chi connectivity index (χ1n) is 5.96. The highest BCUT2D eigenvalue weighted by atomic mass is 32.2. The van der Waals surface area contributed by atoms with Gasteiger partial charge in [0, 0.05) is 13.1 Å². The predicted octanol–water partition coefficient (Wildman–Crippen LogP) is 0.0398. The van der Waals surface area contributed by atoms with E-state index in [2.05, 4.69) is 4.72 Å². The summed E-state index contributed by atoms with van der Waals surface area (Å²) in [6.07, 6.45) is 1.19. The fourth-order valence-electron chi connectivity index (χ4n) is 1.98. The topological polar surface area (TPSA) is 109 Å². The normalized spacial score (nSPS) is 17.1. The fourth-order valence-corrected chi connectivity index (χ4v) is 3.03. The Bertz CT molecular complexity index is 576. The van der Waals surface area contributed by atoms with Gasteiger partial charge in [-0.25, -0.2) is 13.1 Å². The summed E-state index contributed by atoms with van der Waals surface area (Å²) in [5.41, 5.74) is 5.08. The molecular formula is C12H16N2O4S. The first-order chi connectivity index (χ1) is 8.92. The molecule has 0 unspecified atom stereocenters. The van der Waals surface area contributed by atoms with Crippen LogP contribution in [-0.4, -0.2) is 32.6 Å². The van der Waals surface area contributed by atoms with Crippen LogP contribution < -0.4 is 10.5 Å². The van der Waals surface area contributed by atoms with Gasteiger partial charge in [0.1, 0.15) is 0 Å². The van der Waals surface area contributed by atoms with E-state index in [4.69, 9.17) is 10.8 Å². The van der Waals surface area contributed by atoms with E-state index < -0.39 is 21.4 Å². The Kier molecular flexibility index (Phi) is 3.62. The second kappa shape index (κ2) is 4.92. The second-order valence-corrected chi connectivity index (χ2v) is 6.37. The van der Waals surface area contributed by atoms with Gasteiger partial charge in [0.25, 0.3) is 0 Å². The van der Waals surface area contributed by atoms with E-state index in [0.717, 1.165) is 0 Å². The molecule has 4 N–H and O–H groups in total. The summed E-state index contributed by atoms with van der Waals surface area (Å²) in [7, 11) is -3.56. The molecule has 1 aromatic carbocycles. The number of benzene rings is 1. The molecule has 2 rings (SSSR count). The molecular weight excluding hydrogens is 268 g/mol. The smallest absolute Gasteiger partial charge is 0.314 e. The monoisotopic (exact) mass is 284 g/mol. The summed E-state index contributed by atoms with van der Waals surface area (Å²) in [6, 6.07) is 5.99. The van der Waals surface area contributed by atoms with Crippen LogP contribution in [-0.2, 0) is 20.2 Å². The Morgan fingerprint density at radius 2 is 1.89 bits per heavy atom. The van der Waals surface area contributed by atoms with Crippen molar-refractivity contribution in [2.75, 3.05) is 13.1 Å². The zero-order valence-electron chi connectivity index (χ0n) is 10.3. The summed E-state index contributed by atoms with van der Waals surface area (Å²) in [5, 5.41) is 9.16. The SMILES string of the molecule is NCCNS(=O)(=O)c1ccc(C2(C(=O)O)CC2)cc1. The minimum Gasteiger partial charge on any atom is -0.481 e. The molecule has 0 heterocycles. The molecule has 6 nitrogen and oxygen atoms in total. The van der Waals surface area contributed by atoms with Crippen molar-refractivity contribution in [1.29, 1.82) is 0 Å². The zero-order valence-corrected chi connectivity index (χ0v) is 11.1. The minimum absolute atomic E-state index is 0.117. The number of hydrogen-bond acceptors (Lipinski definition) is 4. The van der Waals surface area contributed by atoms with E-state index in [-0.39, 0.29) is 18.0 Å². The fraction of sp³-hybridized carbons (Fsp3) is 0.417. The number of carboxylic acid groups (broad SMARTS) is 1. The molecule has 0 saturated heterocycles. The van der Waals surface area contributed by atoms with Gasteiger partial charge < -0.3 is 10.8 Å². The molecule has 1 fully saturated rings. The van der Waals surface area contributed by atoms with Crippen molar-refractivity contribution in [3.05, 3.63) is 29.8 Å². The Morgan fingerprint density at radius 1 is 1.32 bits per heavy atom. The number of sulfonamides is 1. The molecule has 0 aliphatic heterocycles.